The molecule has 2 aliphatic rings. The van der Waals surface area contributed by atoms with Crippen molar-refractivity contribution in [2.24, 2.45) is 0 Å². The lowest BCUT2D eigenvalue weighted by Gasteiger charge is -2.22. The number of ketones is 1. The molecule has 1 fully saturated rings. The molecule has 0 unspecified atom stereocenters. The van der Waals surface area contributed by atoms with E-state index in [0.717, 1.165) is 18.5 Å². The molecule has 0 bridgehead atoms. The molecular formula is C11H13NOS. The van der Waals surface area contributed by atoms with Crippen LogP contribution in [0.5, 0.6) is 0 Å². The van der Waals surface area contributed by atoms with Crippen LogP contribution in [0.2, 0.25) is 0 Å². The number of Topliss-reactive ketones (excluding diaryl/α,β-unsaturated/α-hetero) is 1. The molecule has 14 heavy (non-hydrogen) atoms. The minimum absolute atomic E-state index is 0.271. The maximum absolute atomic E-state index is 11.6. The van der Waals surface area contributed by atoms with E-state index in [4.69, 9.17) is 0 Å². The summed E-state index contributed by atoms with van der Waals surface area (Å²) in [5, 5.41) is 1.23. The van der Waals surface area contributed by atoms with Crippen molar-refractivity contribution in [1.82, 2.24) is 4.98 Å². The van der Waals surface area contributed by atoms with Crippen molar-refractivity contribution < 1.29 is 4.79 Å². The van der Waals surface area contributed by atoms with Crippen LogP contribution in [0.15, 0.2) is 0 Å². The minimum Gasteiger partial charge on any atom is -0.292 e. The molecule has 1 aromatic heterocycles. The molecule has 74 valence electrons. The average Bonchev–Trinajstić information content (AvgIpc) is 2.46. The summed E-state index contributed by atoms with van der Waals surface area (Å²) in [4.78, 5) is 17.3. The highest BCUT2D eigenvalue weighted by Gasteiger charge is 2.28. The van der Waals surface area contributed by atoms with Crippen molar-refractivity contribution in [2.45, 2.75) is 44.4 Å². The Morgan fingerprint density at radius 2 is 2.07 bits per heavy atom. The Bertz CT molecular complexity index is 379. The molecule has 1 saturated carbocycles. The van der Waals surface area contributed by atoms with Gasteiger partial charge in [-0.15, -0.1) is 11.3 Å². The van der Waals surface area contributed by atoms with E-state index < -0.39 is 0 Å². The first-order chi connectivity index (χ1) is 6.84. The summed E-state index contributed by atoms with van der Waals surface area (Å²) in [7, 11) is 0. The molecule has 2 nitrogen and oxygen atoms in total. The number of rotatable bonds is 1. The van der Waals surface area contributed by atoms with E-state index in [9.17, 15) is 4.79 Å². The van der Waals surface area contributed by atoms with Gasteiger partial charge in [0.05, 0.1) is 5.01 Å². The van der Waals surface area contributed by atoms with Gasteiger partial charge in [0.2, 0.25) is 0 Å². The van der Waals surface area contributed by atoms with Gasteiger partial charge in [-0.25, -0.2) is 4.98 Å². The highest BCUT2D eigenvalue weighted by molar-refractivity contribution is 7.12. The highest BCUT2D eigenvalue weighted by Crippen LogP contribution is 2.40. The normalized spacial score (nSPS) is 21.9. The summed E-state index contributed by atoms with van der Waals surface area (Å²) in [5.41, 5.74) is 0.808. The van der Waals surface area contributed by atoms with Gasteiger partial charge < -0.3 is 0 Å². The average molecular weight is 207 g/mol. The van der Waals surface area contributed by atoms with Crippen molar-refractivity contribution >= 4 is 17.1 Å². The first-order valence-corrected chi connectivity index (χ1v) is 6.19. The van der Waals surface area contributed by atoms with Crippen LogP contribution < -0.4 is 0 Å². The minimum atomic E-state index is 0.271. The standard InChI is InChI=1S/C11H13NOS/c13-8-5-2-6-9-10(8)12-11(14-9)7-3-1-4-7/h7H,1-6H2. The Kier molecular flexibility index (Phi) is 1.94. The largest absolute Gasteiger partial charge is 0.292 e. The molecule has 0 saturated heterocycles. The van der Waals surface area contributed by atoms with Crippen LogP contribution in [-0.4, -0.2) is 10.8 Å². The number of nitrogens with zero attached hydrogens (tertiary/aromatic N) is 1. The second-order valence-corrected chi connectivity index (χ2v) is 5.34. The van der Waals surface area contributed by atoms with Crippen molar-refractivity contribution in [3.8, 4) is 0 Å². The molecule has 0 aromatic carbocycles. The maximum atomic E-state index is 11.6. The number of fused-ring (bicyclic) bond motifs is 1. The van der Waals surface area contributed by atoms with Gasteiger partial charge in [-0.2, -0.15) is 0 Å². The van der Waals surface area contributed by atoms with Gasteiger partial charge in [-0.1, -0.05) is 6.42 Å². The molecule has 1 aromatic rings. The lowest BCUT2D eigenvalue weighted by Crippen LogP contribution is -2.10. The zero-order valence-corrected chi connectivity index (χ0v) is 8.90. The Labute approximate surface area is 87.4 Å². The van der Waals surface area contributed by atoms with E-state index in [2.05, 4.69) is 4.98 Å². The molecular weight excluding hydrogens is 194 g/mol. The summed E-state index contributed by atoms with van der Waals surface area (Å²) in [5.74, 6) is 0.950. The van der Waals surface area contributed by atoms with Crippen molar-refractivity contribution in [3.63, 3.8) is 0 Å². The van der Waals surface area contributed by atoms with E-state index >= 15 is 0 Å². The predicted molar refractivity (Wildman–Crippen MR) is 56.0 cm³/mol. The van der Waals surface area contributed by atoms with Crippen LogP contribution in [0, 0.1) is 0 Å². The summed E-state index contributed by atoms with van der Waals surface area (Å²) in [6.45, 7) is 0. The summed E-state index contributed by atoms with van der Waals surface area (Å²) >= 11 is 1.79. The third kappa shape index (κ3) is 1.22. The summed E-state index contributed by atoms with van der Waals surface area (Å²) in [6, 6.07) is 0. The molecule has 2 aliphatic carbocycles. The molecule has 0 atom stereocenters. The van der Waals surface area contributed by atoms with E-state index in [1.165, 1.54) is 29.1 Å². The van der Waals surface area contributed by atoms with Gasteiger partial charge in [0.1, 0.15) is 5.69 Å². The highest BCUT2D eigenvalue weighted by atomic mass is 32.1. The van der Waals surface area contributed by atoms with E-state index in [-0.39, 0.29) is 5.78 Å². The van der Waals surface area contributed by atoms with Crippen molar-refractivity contribution in [1.29, 1.82) is 0 Å². The fourth-order valence-electron chi connectivity index (χ4n) is 2.11. The van der Waals surface area contributed by atoms with Crippen LogP contribution in [0.3, 0.4) is 0 Å². The number of carbonyl (C=O) groups is 1. The SMILES string of the molecule is O=C1CCCc2sc(C3CCC3)nc21. The van der Waals surface area contributed by atoms with Crippen LogP contribution in [0.1, 0.15) is 58.4 Å². The fraction of sp³-hybridized carbons (Fsp3) is 0.636. The molecule has 0 spiro atoms. The molecule has 0 radical (unpaired) electrons. The predicted octanol–water partition coefficient (Wildman–Crippen LogP) is 2.93. The summed E-state index contributed by atoms with van der Waals surface area (Å²) in [6.07, 6.45) is 6.70. The topological polar surface area (TPSA) is 30.0 Å². The Balaban J connectivity index is 1.97. The Morgan fingerprint density at radius 1 is 1.21 bits per heavy atom. The first-order valence-electron chi connectivity index (χ1n) is 5.37. The zero-order valence-electron chi connectivity index (χ0n) is 8.08. The van der Waals surface area contributed by atoms with Crippen LogP contribution >= 0.6 is 11.3 Å². The van der Waals surface area contributed by atoms with Gasteiger partial charge in [0.15, 0.2) is 5.78 Å². The van der Waals surface area contributed by atoms with Gasteiger partial charge >= 0.3 is 0 Å². The number of hydrogen-bond donors (Lipinski definition) is 0. The second-order valence-electron chi connectivity index (χ2n) is 4.23. The maximum Gasteiger partial charge on any atom is 0.182 e. The van der Waals surface area contributed by atoms with Gasteiger partial charge in [0.25, 0.3) is 0 Å². The Hall–Kier alpha value is -0.700. The first kappa shape index (κ1) is 8.60. The van der Waals surface area contributed by atoms with Crippen LogP contribution in [0.25, 0.3) is 0 Å². The summed E-state index contributed by atoms with van der Waals surface area (Å²) < 4.78 is 0. The van der Waals surface area contributed by atoms with E-state index in [1.807, 2.05) is 0 Å². The Morgan fingerprint density at radius 3 is 2.71 bits per heavy atom. The van der Waals surface area contributed by atoms with Crippen LogP contribution in [0.4, 0.5) is 0 Å². The zero-order chi connectivity index (χ0) is 9.54. The molecule has 0 aliphatic heterocycles. The number of hydrogen-bond acceptors (Lipinski definition) is 3. The lowest BCUT2D eigenvalue weighted by molar-refractivity contribution is 0.0968. The van der Waals surface area contributed by atoms with Crippen molar-refractivity contribution in [2.75, 3.05) is 0 Å². The molecule has 0 amide bonds. The number of carbonyl (C=O) groups excluding carboxylic acids is 1. The second kappa shape index (κ2) is 3.16. The number of aryl methyl sites for hydroxylation is 1. The number of aromatic nitrogens is 1. The van der Waals surface area contributed by atoms with Gasteiger partial charge in [0, 0.05) is 17.2 Å². The molecule has 1 heterocycles. The third-order valence-corrected chi connectivity index (χ3v) is 4.52. The smallest absolute Gasteiger partial charge is 0.182 e. The third-order valence-electron chi connectivity index (χ3n) is 3.24. The molecule has 0 N–H and O–H groups in total. The number of thiazole rings is 1. The lowest BCUT2D eigenvalue weighted by atomic mass is 9.86. The van der Waals surface area contributed by atoms with Gasteiger partial charge in [-0.05, 0) is 25.7 Å². The fourth-order valence-corrected chi connectivity index (χ4v) is 3.41. The quantitative estimate of drug-likeness (QED) is 0.708. The molecule has 3 rings (SSSR count). The van der Waals surface area contributed by atoms with Crippen molar-refractivity contribution in [3.05, 3.63) is 15.6 Å². The van der Waals surface area contributed by atoms with Gasteiger partial charge in [-0.3, -0.25) is 4.79 Å². The van der Waals surface area contributed by atoms with E-state index in [1.54, 1.807) is 11.3 Å². The van der Waals surface area contributed by atoms with Crippen LogP contribution in [-0.2, 0) is 6.42 Å². The van der Waals surface area contributed by atoms with E-state index in [0.29, 0.717) is 12.3 Å². The monoisotopic (exact) mass is 207 g/mol. The molecule has 3 heteroatoms.